The second-order valence-corrected chi connectivity index (χ2v) is 5.91. The van der Waals surface area contributed by atoms with Crippen LogP contribution in [-0.4, -0.2) is 44.8 Å². The van der Waals surface area contributed by atoms with Crippen molar-refractivity contribution >= 4 is 7.75 Å². The smallest absolute Gasteiger partial charge is 0.309 e. The largest absolute Gasteiger partial charge is 0.405 e. The highest BCUT2D eigenvalue weighted by Gasteiger charge is 2.24. The van der Waals surface area contributed by atoms with Crippen LogP contribution in [0.2, 0.25) is 0 Å². The van der Waals surface area contributed by atoms with Gasteiger partial charge in [-0.2, -0.15) is 0 Å². The number of hydrogen-bond acceptors (Lipinski definition) is 4. The van der Waals surface area contributed by atoms with Gasteiger partial charge in [-0.3, -0.25) is 9.05 Å². The molecule has 1 unspecified atom stereocenters. The van der Waals surface area contributed by atoms with E-state index in [1.807, 2.05) is 27.9 Å². The summed E-state index contributed by atoms with van der Waals surface area (Å²) < 4.78 is 22.5. The Hall–Kier alpha value is 0.0700. The summed E-state index contributed by atoms with van der Waals surface area (Å²) in [5.41, 5.74) is 0. The molecule has 0 bridgehead atoms. The SMILES string of the molecule is CCOP(=O)(NCCCN(C)C)OC(C)C. The molecule has 5 nitrogen and oxygen atoms in total. The van der Waals surface area contributed by atoms with Crippen molar-refractivity contribution in [1.82, 2.24) is 9.99 Å². The first-order valence-electron chi connectivity index (χ1n) is 5.72. The maximum atomic E-state index is 12.1. The van der Waals surface area contributed by atoms with Crippen molar-refractivity contribution in [3.05, 3.63) is 0 Å². The molecule has 0 rings (SSSR count). The van der Waals surface area contributed by atoms with Crippen LogP contribution < -0.4 is 5.09 Å². The zero-order chi connectivity index (χ0) is 12.6. The zero-order valence-electron chi connectivity index (χ0n) is 11.0. The van der Waals surface area contributed by atoms with Crippen LogP contribution in [-0.2, 0) is 13.6 Å². The highest BCUT2D eigenvalue weighted by Crippen LogP contribution is 2.44. The van der Waals surface area contributed by atoms with Crippen molar-refractivity contribution in [3.63, 3.8) is 0 Å². The van der Waals surface area contributed by atoms with E-state index in [1.165, 1.54) is 0 Å². The quantitative estimate of drug-likeness (QED) is 0.503. The predicted molar refractivity (Wildman–Crippen MR) is 66.6 cm³/mol. The van der Waals surface area contributed by atoms with Crippen molar-refractivity contribution in [2.75, 3.05) is 33.8 Å². The molecular formula is C10H25N2O3P. The van der Waals surface area contributed by atoms with Crippen LogP contribution >= 0.6 is 7.75 Å². The lowest BCUT2D eigenvalue weighted by Gasteiger charge is -2.21. The Morgan fingerprint density at radius 2 is 2.00 bits per heavy atom. The summed E-state index contributed by atoms with van der Waals surface area (Å²) >= 11 is 0. The van der Waals surface area contributed by atoms with Gasteiger partial charge in [0, 0.05) is 6.54 Å². The van der Waals surface area contributed by atoms with Crippen LogP contribution in [0.1, 0.15) is 27.2 Å². The molecule has 0 aliphatic heterocycles. The molecule has 0 heterocycles. The second-order valence-electron chi connectivity index (χ2n) is 4.13. The normalized spacial score (nSPS) is 15.7. The molecule has 0 aromatic rings. The summed E-state index contributed by atoms with van der Waals surface area (Å²) in [6.07, 6.45) is 0.796. The van der Waals surface area contributed by atoms with E-state index in [-0.39, 0.29) is 6.10 Å². The lowest BCUT2D eigenvalue weighted by molar-refractivity contribution is 0.165. The Morgan fingerprint density at radius 1 is 1.38 bits per heavy atom. The third-order valence-electron chi connectivity index (χ3n) is 1.74. The summed E-state index contributed by atoms with van der Waals surface area (Å²) in [7, 11) is 0.909. The van der Waals surface area contributed by atoms with Crippen LogP contribution in [0, 0.1) is 0 Å². The minimum absolute atomic E-state index is 0.112. The van der Waals surface area contributed by atoms with Crippen molar-refractivity contribution in [1.29, 1.82) is 0 Å². The van der Waals surface area contributed by atoms with Gasteiger partial charge in [-0.05, 0) is 47.8 Å². The first kappa shape index (κ1) is 16.1. The van der Waals surface area contributed by atoms with E-state index < -0.39 is 7.75 Å². The molecule has 98 valence electrons. The van der Waals surface area contributed by atoms with Crippen LogP contribution in [0.15, 0.2) is 0 Å². The maximum Gasteiger partial charge on any atom is 0.405 e. The number of rotatable bonds is 9. The molecule has 0 aliphatic rings. The highest BCUT2D eigenvalue weighted by atomic mass is 31.2. The highest BCUT2D eigenvalue weighted by molar-refractivity contribution is 7.51. The van der Waals surface area contributed by atoms with E-state index in [4.69, 9.17) is 9.05 Å². The molecule has 0 saturated heterocycles. The fourth-order valence-electron chi connectivity index (χ4n) is 1.17. The third-order valence-corrected chi connectivity index (χ3v) is 3.64. The van der Waals surface area contributed by atoms with E-state index in [0.29, 0.717) is 13.2 Å². The molecular weight excluding hydrogens is 227 g/mol. The van der Waals surface area contributed by atoms with Crippen molar-refractivity contribution in [2.45, 2.75) is 33.3 Å². The van der Waals surface area contributed by atoms with E-state index in [0.717, 1.165) is 13.0 Å². The molecule has 16 heavy (non-hydrogen) atoms. The van der Waals surface area contributed by atoms with Gasteiger partial charge in [-0.1, -0.05) is 0 Å². The average molecular weight is 252 g/mol. The molecule has 0 aliphatic carbocycles. The monoisotopic (exact) mass is 252 g/mol. The summed E-state index contributed by atoms with van der Waals surface area (Å²) in [4.78, 5) is 2.08. The second kappa shape index (κ2) is 8.20. The van der Waals surface area contributed by atoms with Gasteiger partial charge in [0.1, 0.15) is 0 Å². The molecule has 0 saturated carbocycles. The zero-order valence-corrected chi connectivity index (χ0v) is 11.9. The minimum atomic E-state index is -3.10. The van der Waals surface area contributed by atoms with Gasteiger partial charge >= 0.3 is 7.75 Å². The Balaban J connectivity index is 3.97. The Kier molecular flexibility index (Phi) is 8.24. The number of hydrogen-bond donors (Lipinski definition) is 1. The van der Waals surface area contributed by atoms with Crippen molar-refractivity contribution in [2.24, 2.45) is 0 Å². The predicted octanol–water partition coefficient (Wildman–Crippen LogP) is 2.10. The number of nitrogens with one attached hydrogen (secondary N) is 1. The maximum absolute atomic E-state index is 12.1. The molecule has 6 heteroatoms. The van der Waals surface area contributed by atoms with E-state index in [9.17, 15) is 4.57 Å². The van der Waals surface area contributed by atoms with Gasteiger partial charge in [-0.15, -0.1) is 0 Å². The fourth-order valence-corrected chi connectivity index (χ4v) is 2.73. The van der Waals surface area contributed by atoms with E-state index in [1.54, 1.807) is 6.92 Å². The molecule has 0 aromatic carbocycles. The minimum Gasteiger partial charge on any atom is -0.309 e. The summed E-state index contributed by atoms with van der Waals surface area (Å²) in [6.45, 7) is 7.44. The van der Waals surface area contributed by atoms with Gasteiger partial charge < -0.3 is 4.90 Å². The van der Waals surface area contributed by atoms with Crippen molar-refractivity contribution in [3.8, 4) is 0 Å². The fraction of sp³-hybridized carbons (Fsp3) is 1.00. The Morgan fingerprint density at radius 3 is 2.44 bits per heavy atom. The van der Waals surface area contributed by atoms with Gasteiger partial charge in [0.2, 0.25) is 0 Å². The number of nitrogens with zero attached hydrogens (tertiary/aromatic N) is 1. The standard InChI is InChI=1S/C10H25N2O3P/c1-6-14-16(13,15-10(2)3)11-8-7-9-12(4)5/h10H,6-9H2,1-5H3,(H,11,13). The van der Waals surface area contributed by atoms with Crippen LogP contribution in [0.4, 0.5) is 0 Å². The average Bonchev–Trinajstić information content (AvgIpc) is 2.11. The molecule has 0 amide bonds. The first-order valence-corrected chi connectivity index (χ1v) is 7.26. The summed E-state index contributed by atoms with van der Waals surface area (Å²) in [5, 5.41) is 2.87. The Bertz CT molecular complexity index is 222. The summed E-state index contributed by atoms with van der Waals surface area (Å²) in [5.74, 6) is 0. The molecule has 0 fully saturated rings. The third kappa shape index (κ3) is 8.25. The molecule has 1 N–H and O–H groups in total. The van der Waals surface area contributed by atoms with Crippen LogP contribution in [0.3, 0.4) is 0 Å². The van der Waals surface area contributed by atoms with Gasteiger partial charge in [0.05, 0.1) is 12.7 Å². The van der Waals surface area contributed by atoms with Gasteiger partial charge in [-0.25, -0.2) is 9.65 Å². The van der Waals surface area contributed by atoms with Crippen LogP contribution in [0.25, 0.3) is 0 Å². The Labute approximate surface area is 99.1 Å². The first-order chi connectivity index (χ1) is 7.39. The lowest BCUT2D eigenvalue weighted by atomic mass is 10.4. The van der Waals surface area contributed by atoms with Gasteiger partial charge in [0.15, 0.2) is 0 Å². The van der Waals surface area contributed by atoms with Gasteiger partial charge in [0.25, 0.3) is 0 Å². The van der Waals surface area contributed by atoms with Crippen LogP contribution in [0.5, 0.6) is 0 Å². The topological polar surface area (TPSA) is 50.8 Å². The molecule has 1 atom stereocenters. The lowest BCUT2D eigenvalue weighted by Crippen LogP contribution is -2.22. The van der Waals surface area contributed by atoms with E-state index >= 15 is 0 Å². The summed E-state index contributed by atoms with van der Waals surface area (Å²) in [6, 6.07) is 0. The molecule has 0 spiro atoms. The van der Waals surface area contributed by atoms with Crippen molar-refractivity contribution < 1.29 is 13.6 Å². The molecule has 0 aromatic heterocycles. The van der Waals surface area contributed by atoms with E-state index in [2.05, 4.69) is 9.99 Å². The molecule has 0 radical (unpaired) electrons.